The Hall–Kier alpha value is -7.26. The van der Waals surface area contributed by atoms with Crippen LogP contribution in [0.15, 0.2) is 104 Å². The van der Waals surface area contributed by atoms with Crippen LogP contribution in [0.25, 0.3) is 89.6 Å². The lowest BCUT2D eigenvalue weighted by molar-refractivity contribution is 0.330. The summed E-state index contributed by atoms with van der Waals surface area (Å²) in [5.41, 5.74) is 9.63. The average Bonchev–Trinajstić information content (AvgIpc) is 3.78. The van der Waals surface area contributed by atoms with Gasteiger partial charge in [-0.25, -0.2) is 9.97 Å². The molecule has 0 amide bonds. The van der Waals surface area contributed by atoms with E-state index in [0.717, 1.165) is 84.4 Å². The molecule has 0 saturated heterocycles. The van der Waals surface area contributed by atoms with Gasteiger partial charge >= 0.3 is 0 Å². The second-order valence-corrected chi connectivity index (χ2v) is 14.0. The summed E-state index contributed by atoms with van der Waals surface area (Å²) in [5, 5.41) is 58.4. The van der Waals surface area contributed by atoms with Gasteiger partial charge in [-0.2, -0.15) is 0 Å². The van der Waals surface area contributed by atoms with Crippen LogP contribution >= 0.6 is 0 Å². The lowest BCUT2D eigenvalue weighted by Gasteiger charge is -2.20. The predicted octanol–water partition coefficient (Wildman–Crippen LogP) is 12.0. The van der Waals surface area contributed by atoms with Crippen molar-refractivity contribution < 1.29 is 25.5 Å². The number of allylic oxidation sites excluding steroid dienone is 7. The molecule has 5 aromatic carbocycles. The molecule has 0 bridgehead atoms. The predicted molar refractivity (Wildman–Crippen MR) is 238 cm³/mol. The number of nitrogens with zero attached hydrogens (tertiary/aromatic N) is 4. The van der Waals surface area contributed by atoms with Gasteiger partial charge in [-0.1, -0.05) is 111 Å². The maximum Gasteiger partial charge on any atom is 0.235 e. The number of fused-ring (bicyclic) bond motifs is 11. The molecule has 8 aromatic rings. The molecule has 0 atom stereocenters. The first kappa shape index (κ1) is 37.7. The highest BCUT2D eigenvalue weighted by Gasteiger charge is 2.31. The van der Waals surface area contributed by atoms with Crippen LogP contribution in [0.2, 0.25) is 0 Å². The molecule has 1 aliphatic rings. The van der Waals surface area contributed by atoms with Crippen LogP contribution < -0.4 is 0 Å². The third-order valence-electron chi connectivity index (χ3n) is 10.9. The van der Waals surface area contributed by atoms with E-state index in [0.29, 0.717) is 10.9 Å². The molecule has 3 aromatic heterocycles. The van der Waals surface area contributed by atoms with Crippen molar-refractivity contribution in [1.82, 2.24) is 19.1 Å². The number of rotatable bonds is 6. The molecule has 0 saturated carbocycles. The Bertz CT molecular complexity index is 3110. The van der Waals surface area contributed by atoms with Gasteiger partial charge in [0, 0.05) is 43.8 Å². The highest BCUT2D eigenvalue weighted by Crippen LogP contribution is 2.55. The normalized spacial score (nSPS) is 13.1. The lowest BCUT2D eigenvalue weighted by Crippen LogP contribution is -2.07. The zero-order chi connectivity index (χ0) is 41.0. The zero-order valence-corrected chi connectivity index (χ0v) is 33.0. The number of phenolic OH excluding ortho intramolecular Hbond substituents is 5. The minimum atomic E-state index is -1.04. The van der Waals surface area contributed by atoms with Crippen LogP contribution in [0.5, 0.6) is 28.7 Å². The largest absolute Gasteiger partial charge is 0.504 e. The van der Waals surface area contributed by atoms with E-state index >= 15 is 0 Å². The third-order valence-corrected chi connectivity index (χ3v) is 10.9. The summed E-state index contributed by atoms with van der Waals surface area (Å²) in [6.07, 6.45) is 18.2. The summed E-state index contributed by atoms with van der Waals surface area (Å²) in [5.74, 6) is -4.40. The lowest BCUT2D eigenvalue weighted by atomic mass is 9.90. The van der Waals surface area contributed by atoms with Crippen molar-refractivity contribution in [2.75, 3.05) is 0 Å². The number of aromatic nitrogens is 4. The minimum absolute atomic E-state index is 0.0572. The smallest absolute Gasteiger partial charge is 0.235 e. The van der Waals surface area contributed by atoms with Gasteiger partial charge in [0.05, 0.1) is 38.8 Å². The van der Waals surface area contributed by atoms with E-state index in [-0.39, 0.29) is 17.2 Å². The standard InChI is InChI=1S/C47H38N4O5.C2H6/c1-5-8-16-27-25(4)23-24-32-36-35-31-20-12-14-22-34(31)51(41(35)29-18-10-9-17-28(29)40(36)50(39(27)32)26(7-3)15-6-2)47-48-33-21-13-11-19-30(33)38(49-47)37-42(52)44(54)46(56)45(55)43(37)53;1-2/h5-9,11-17,19-24,52-56H,1,10,18H2,2-4H3;1-2H3/b15-6-,16-8-,26-7+;. The van der Waals surface area contributed by atoms with E-state index in [2.05, 4.69) is 79.6 Å². The fourth-order valence-corrected chi connectivity index (χ4v) is 8.50. The number of aromatic hydroxyl groups is 5. The van der Waals surface area contributed by atoms with Gasteiger partial charge in [0.2, 0.25) is 23.2 Å². The molecular formula is C49H44N4O5. The van der Waals surface area contributed by atoms with Crippen LogP contribution in [0, 0.1) is 6.92 Å². The number of para-hydroxylation sites is 2. The molecule has 1 aliphatic carbocycles. The first-order chi connectivity index (χ1) is 28.2. The monoisotopic (exact) mass is 768 g/mol. The van der Waals surface area contributed by atoms with Gasteiger partial charge in [0.1, 0.15) is 0 Å². The molecule has 58 heavy (non-hydrogen) atoms. The number of hydrogen-bond donors (Lipinski definition) is 5. The van der Waals surface area contributed by atoms with Crippen LogP contribution in [-0.2, 0) is 6.42 Å². The van der Waals surface area contributed by atoms with Crippen LogP contribution in [0.1, 0.15) is 56.4 Å². The molecule has 9 rings (SSSR count). The van der Waals surface area contributed by atoms with E-state index in [9.17, 15) is 25.5 Å². The van der Waals surface area contributed by atoms with Crippen molar-refractivity contribution in [1.29, 1.82) is 0 Å². The number of benzene rings is 5. The van der Waals surface area contributed by atoms with E-state index < -0.39 is 28.7 Å². The molecule has 0 unspecified atom stereocenters. The Kier molecular flexibility index (Phi) is 9.53. The van der Waals surface area contributed by atoms with E-state index in [1.165, 1.54) is 0 Å². The van der Waals surface area contributed by atoms with Crippen molar-refractivity contribution in [3.63, 3.8) is 0 Å². The molecule has 0 radical (unpaired) electrons. The van der Waals surface area contributed by atoms with Crippen molar-refractivity contribution in [2.24, 2.45) is 0 Å². The molecule has 0 spiro atoms. The Balaban J connectivity index is 0.00000231. The van der Waals surface area contributed by atoms with Gasteiger partial charge < -0.3 is 30.1 Å². The summed E-state index contributed by atoms with van der Waals surface area (Å²) >= 11 is 0. The zero-order valence-electron chi connectivity index (χ0n) is 33.0. The van der Waals surface area contributed by atoms with Gasteiger partial charge in [-0.15, -0.1) is 0 Å². The fraction of sp³-hybridized carbons (Fsp3) is 0.143. The second kappa shape index (κ2) is 14.7. The number of phenols is 5. The summed E-state index contributed by atoms with van der Waals surface area (Å²) in [6, 6.07) is 19.7. The third kappa shape index (κ3) is 5.38. The Morgan fingerprint density at radius 2 is 1.43 bits per heavy atom. The van der Waals surface area contributed by atoms with Gasteiger partial charge in [-0.3, -0.25) is 4.57 Å². The molecule has 0 aliphatic heterocycles. The topological polar surface area (TPSA) is 137 Å². The van der Waals surface area contributed by atoms with E-state index in [4.69, 9.17) is 9.97 Å². The number of aryl methyl sites for hydroxylation is 2. The van der Waals surface area contributed by atoms with E-state index in [1.807, 2.05) is 55.7 Å². The summed E-state index contributed by atoms with van der Waals surface area (Å²) in [6.45, 7) is 14.2. The maximum atomic E-state index is 11.2. The first-order valence-electron chi connectivity index (χ1n) is 19.5. The summed E-state index contributed by atoms with van der Waals surface area (Å²) in [7, 11) is 0. The summed E-state index contributed by atoms with van der Waals surface area (Å²) < 4.78 is 4.44. The molecule has 5 N–H and O–H groups in total. The minimum Gasteiger partial charge on any atom is -0.504 e. The fourth-order valence-electron chi connectivity index (χ4n) is 8.50. The molecule has 9 nitrogen and oxygen atoms in total. The van der Waals surface area contributed by atoms with Gasteiger partial charge in [0.15, 0.2) is 11.5 Å². The van der Waals surface area contributed by atoms with Crippen molar-refractivity contribution in [2.45, 2.75) is 47.5 Å². The van der Waals surface area contributed by atoms with Crippen LogP contribution in [0.3, 0.4) is 0 Å². The highest BCUT2D eigenvalue weighted by molar-refractivity contribution is 6.32. The van der Waals surface area contributed by atoms with Gasteiger partial charge in [-0.05, 0) is 62.9 Å². The molecule has 9 heteroatoms. The Morgan fingerprint density at radius 1 is 0.759 bits per heavy atom. The second-order valence-electron chi connectivity index (χ2n) is 14.0. The van der Waals surface area contributed by atoms with E-state index in [1.54, 1.807) is 24.3 Å². The Morgan fingerprint density at radius 3 is 2.14 bits per heavy atom. The molecule has 0 fully saturated rings. The Labute approximate surface area is 335 Å². The average molecular weight is 769 g/mol. The molecular weight excluding hydrogens is 725 g/mol. The van der Waals surface area contributed by atoms with Gasteiger partial charge in [0.25, 0.3) is 0 Å². The quantitative estimate of drug-likeness (QED) is 0.0645. The maximum absolute atomic E-state index is 11.2. The summed E-state index contributed by atoms with van der Waals surface area (Å²) in [4.78, 5) is 10.1. The SMILES string of the molecule is C=C/C=C\c1c(C)ccc2c3c4c5ccccc5n(-c5nc(-c6c(O)c(O)c(O)c(O)c6O)c6ccccc6n5)c4c4c(c3n(C(/C=C\C)=C/C)c12)C=CCC4.CC. The van der Waals surface area contributed by atoms with Crippen molar-refractivity contribution >= 4 is 72.4 Å². The highest BCUT2D eigenvalue weighted by atomic mass is 16.4. The molecule has 290 valence electrons. The van der Waals surface area contributed by atoms with Crippen molar-refractivity contribution in [3.8, 4) is 46.0 Å². The van der Waals surface area contributed by atoms with Crippen LogP contribution in [-0.4, -0.2) is 44.6 Å². The number of hydrogen-bond acceptors (Lipinski definition) is 7. The van der Waals surface area contributed by atoms with Crippen molar-refractivity contribution in [3.05, 3.63) is 126 Å². The van der Waals surface area contributed by atoms with Crippen LogP contribution in [0.4, 0.5) is 0 Å². The molecule has 3 heterocycles. The first-order valence-corrected chi connectivity index (χ1v) is 19.5.